The smallest absolute Gasteiger partial charge is 0.337 e. The summed E-state index contributed by atoms with van der Waals surface area (Å²) in [5, 5.41) is 0.120. The van der Waals surface area contributed by atoms with E-state index in [0.717, 1.165) is 0 Å². The number of aromatic nitrogens is 2. The monoisotopic (exact) mass is 237 g/mol. The third kappa shape index (κ3) is 1.77. The van der Waals surface area contributed by atoms with E-state index < -0.39 is 5.97 Å². The van der Waals surface area contributed by atoms with Crippen LogP contribution in [0.5, 0.6) is 0 Å². The Bertz CT molecular complexity index is 571. The minimum absolute atomic E-state index is 0.120. The van der Waals surface area contributed by atoms with E-state index in [-0.39, 0.29) is 11.0 Å². The number of benzene rings is 1. The number of rotatable bonds is 1. The molecule has 0 saturated heterocycles. The van der Waals surface area contributed by atoms with Crippen molar-refractivity contribution in [3.8, 4) is 0 Å². The normalized spacial score (nSPS) is 10.4. The fourth-order valence-electron chi connectivity index (χ4n) is 1.29. The van der Waals surface area contributed by atoms with Gasteiger partial charge in [-0.15, -0.1) is 0 Å². The summed E-state index contributed by atoms with van der Waals surface area (Å²) < 4.78 is 4.59. The first-order valence-electron chi connectivity index (χ1n) is 4.43. The lowest BCUT2D eigenvalue weighted by molar-refractivity contribution is 0.0601. The minimum Gasteiger partial charge on any atom is -0.465 e. The molecule has 1 aromatic heterocycles. The first-order chi connectivity index (χ1) is 7.61. The van der Waals surface area contributed by atoms with E-state index in [1.165, 1.54) is 7.11 Å². The van der Waals surface area contributed by atoms with Crippen LogP contribution in [0.4, 0.5) is 5.82 Å². The van der Waals surface area contributed by atoms with Crippen LogP contribution in [0.2, 0.25) is 5.15 Å². The topological polar surface area (TPSA) is 78.1 Å². The highest BCUT2D eigenvalue weighted by molar-refractivity contribution is 6.31. The van der Waals surface area contributed by atoms with Crippen molar-refractivity contribution in [1.82, 2.24) is 9.97 Å². The van der Waals surface area contributed by atoms with Gasteiger partial charge in [-0.25, -0.2) is 14.8 Å². The molecule has 2 rings (SSSR count). The van der Waals surface area contributed by atoms with Crippen LogP contribution in [0.15, 0.2) is 18.2 Å². The summed E-state index contributed by atoms with van der Waals surface area (Å²) in [5.74, 6) is -0.267. The van der Waals surface area contributed by atoms with Crippen molar-refractivity contribution >= 4 is 34.4 Å². The Morgan fingerprint density at radius 2 is 2.12 bits per heavy atom. The number of carbonyl (C=O) groups is 1. The number of nitrogen functional groups attached to an aromatic ring is 1. The summed E-state index contributed by atoms with van der Waals surface area (Å²) in [5.41, 5.74) is 6.99. The van der Waals surface area contributed by atoms with Gasteiger partial charge < -0.3 is 10.5 Å². The molecule has 6 heteroatoms. The number of ether oxygens (including phenoxy) is 1. The fourth-order valence-corrected chi connectivity index (χ4v) is 1.42. The van der Waals surface area contributed by atoms with Crippen molar-refractivity contribution in [2.45, 2.75) is 0 Å². The van der Waals surface area contributed by atoms with Crippen LogP contribution >= 0.6 is 11.6 Å². The van der Waals surface area contributed by atoms with Gasteiger partial charge in [0, 0.05) is 0 Å². The third-order valence-electron chi connectivity index (χ3n) is 2.07. The summed E-state index contributed by atoms with van der Waals surface area (Å²) >= 11 is 5.74. The Morgan fingerprint density at radius 3 is 2.81 bits per heavy atom. The highest BCUT2D eigenvalue weighted by Gasteiger charge is 2.09. The average Bonchev–Trinajstić information content (AvgIpc) is 2.29. The average molecular weight is 238 g/mol. The molecule has 0 radical (unpaired) electrons. The molecule has 2 N–H and O–H groups in total. The predicted octanol–water partition coefficient (Wildman–Crippen LogP) is 1.65. The van der Waals surface area contributed by atoms with E-state index in [1.54, 1.807) is 18.2 Å². The van der Waals surface area contributed by atoms with Gasteiger partial charge in [-0.1, -0.05) is 11.6 Å². The molecule has 82 valence electrons. The number of methoxy groups -OCH3 is 1. The van der Waals surface area contributed by atoms with Crippen LogP contribution in [0.3, 0.4) is 0 Å². The summed E-state index contributed by atoms with van der Waals surface area (Å²) in [7, 11) is 1.31. The molecule has 0 aliphatic rings. The van der Waals surface area contributed by atoms with E-state index in [2.05, 4.69) is 14.7 Å². The van der Waals surface area contributed by atoms with Gasteiger partial charge in [0.25, 0.3) is 0 Å². The SMILES string of the molecule is COC(=O)c1ccc2nc(N)c(Cl)nc2c1. The molecule has 0 unspecified atom stereocenters. The lowest BCUT2D eigenvalue weighted by Crippen LogP contribution is -2.02. The molecule has 0 spiro atoms. The first-order valence-corrected chi connectivity index (χ1v) is 4.80. The number of hydrogen-bond donors (Lipinski definition) is 1. The van der Waals surface area contributed by atoms with Gasteiger partial charge in [-0.3, -0.25) is 0 Å². The predicted molar refractivity (Wildman–Crippen MR) is 60.3 cm³/mol. The van der Waals surface area contributed by atoms with Gasteiger partial charge in [0.2, 0.25) is 0 Å². The molecular formula is C10H8ClN3O2. The standard InChI is InChI=1S/C10H8ClN3O2/c1-16-10(15)5-2-3-6-7(4-5)13-8(11)9(12)14-6/h2-4H,1H3,(H2,12,14). The molecule has 0 saturated carbocycles. The number of nitrogens with two attached hydrogens (primary N) is 1. The Labute approximate surface area is 96.2 Å². The number of hydrogen-bond acceptors (Lipinski definition) is 5. The highest BCUT2D eigenvalue weighted by atomic mass is 35.5. The van der Waals surface area contributed by atoms with E-state index in [1.807, 2.05) is 0 Å². The maximum Gasteiger partial charge on any atom is 0.337 e. The Kier molecular flexibility index (Phi) is 2.62. The van der Waals surface area contributed by atoms with E-state index in [4.69, 9.17) is 17.3 Å². The van der Waals surface area contributed by atoms with Gasteiger partial charge >= 0.3 is 5.97 Å². The molecule has 16 heavy (non-hydrogen) atoms. The number of halogens is 1. The van der Waals surface area contributed by atoms with Crippen LogP contribution in [0.25, 0.3) is 11.0 Å². The summed E-state index contributed by atoms with van der Waals surface area (Å²) in [6.07, 6.45) is 0. The van der Waals surface area contributed by atoms with E-state index in [9.17, 15) is 4.79 Å². The quantitative estimate of drug-likeness (QED) is 0.763. The summed E-state index contributed by atoms with van der Waals surface area (Å²) in [6, 6.07) is 4.79. The van der Waals surface area contributed by atoms with Gasteiger partial charge in [0.05, 0.1) is 23.7 Å². The van der Waals surface area contributed by atoms with Gasteiger partial charge in [-0.2, -0.15) is 0 Å². The van der Waals surface area contributed by atoms with E-state index >= 15 is 0 Å². The largest absolute Gasteiger partial charge is 0.465 e. The molecule has 1 heterocycles. The van der Waals surface area contributed by atoms with Crippen molar-refractivity contribution < 1.29 is 9.53 Å². The second-order valence-electron chi connectivity index (χ2n) is 3.09. The van der Waals surface area contributed by atoms with Crippen LogP contribution in [0.1, 0.15) is 10.4 Å². The highest BCUT2D eigenvalue weighted by Crippen LogP contribution is 2.19. The van der Waals surface area contributed by atoms with E-state index in [0.29, 0.717) is 16.6 Å². The minimum atomic E-state index is -0.434. The zero-order valence-electron chi connectivity index (χ0n) is 8.40. The Hall–Kier alpha value is -1.88. The molecular weight excluding hydrogens is 230 g/mol. The van der Waals surface area contributed by atoms with Crippen LogP contribution in [0, 0.1) is 0 Å². The molecule has 2 aromatic rings. The lowest BCUT2D eigenvalue weighted by atomic mass is 10.2. The van der Waals surface area contributed by atoms with Crippen molar-refractivity contribution in [2.24, 2.45) is 0 Å². The van der Waals surface area contributed by atoms with Gasteiger partial charge in [0.15, 0.2) is 11.0 Å². The third-order valence-corrected chi connectivity index (χ3v) is 2.35. The van der Waals surface area contributed by atoms with Crippen LogP contribution < -0.4 is 5.73 Å². The first kappa shape index (κ1) is 10.6. The second kappa shape index (κ2) is 3.94. The number of carbonyl (C=O) groups excluding carboxylic acids is 1. The van der Waals surface area contributed by atoms with Crippen molar-refractivity contribution in [3.05, 3.63) is 28.9 Å². The Morgan fingerprint density at radius 1 is 1.38 bits per heavy atom. The number of nitrogens with zero attached hydrogens (tertiary/aromatic N) is 2. The van der Waals surface area contributed by atoms with Crippen molar-refractivity contribution in [1.29, 1.82) is 0 Å². The number of esters is 1. The molecule has 0 fully saturated rings. The molecule has 0 aliphatic carbocycles. The van der Waals surface area contributed by atoms with Gasteiger partial charge in [0.1, 0.15) is 0 Å². The fraction of sp³-hybridized carbons (Fsp3) is 0.100. The van der Waals surface area contributed by atoms with Crippen molar-refractivity contribution in [2.75, 3.05) is 12.8 Å². The molecule has 5 nitrogen and oxygen atoms in total. The molecule has 1 aromatic carbocycles. The summed E-state index contributed by atoms with van der Waals surface area (Å²) in [6.45, 7) is 0. The number of anilines is 1. The number of fused-ring (bicyclic) bond motifs is 1. The molecule has 0 amide bonds. The Balaban J connectivity index is 2.62. The molecule has 0 bridgehead atoms. The molecule has 0 atom stereocenters. The maximum absolute atomic E-state index is 11.3. The zero-order valence-corrected chi connectivity index (χ0v) is 9.15. The van der Waals surface area contributed by atoms with Crippen LogP contribution in [-0.4, -0.2) is 23.0 Å². The lowest BCUT2D eigenvalue weighted by Gasteiger charge is -2.02. The van der Waals surface area contributed by atoms with Gasteiger partial charge in [-0.05, 0) is 18.2 Å². The van der Waals surface area contributed by atoms with Crippen LogP contribution in [-0.2, 0) is 4.74 Å². The second-order valence-corrected chi connectivity index (χ2v) is 3.45. The van der Waals surface area contributed by atoms with Crippen molar-refractivity contribution in [3.63, 3.8) is 0 Å². The maximum atomic E-state index is 11.3. The summed E-state index contributed by atoms with van der Waals surface area (Å²) in [4.78, 5) is 19.3. The molecule has 0 aliphatic heterocycles. The zero-order chi connectivity index (χ0) is 11.7.